The molecule has 7 nitrogen and oxygen atoms in total. The Hall–Kier alpha value is -2.12. The lowest BCUT2D eigenvalue weighted by atomic mass is 9.98. The predicted molar refractivity (Wildman–Crippen MR) is 76.6 cm³/mol. The van der Waals surface area contributed by atoms with Crippen molar-refractivity contribution in [1.82, 2.24) is 0 Å². The molecule has 0 aliphatic heterocycles. The number of benzene rings is 1. The van der Waals surface area contributed by atoms with E-state index in [4.69, 9.17) is 14.6 Å². The van der Waals surface area contributed by atoms with Gasteiger partial charge in [-0.05, 0) is 24.6 Å². The number of aliphatic carboxylic acids is 1. The average Bonchev–Trinajstić information content (AvgIpc) is 2.45. The Bertz CT molecular complexity index is 527. The third-order valence-corrected chi connectivity index (χ3v) is 3.01. The van der Waals surface area contributed by atoms with Crippen LogP contribution in [0, 0.1) is 0 Å². The number of hydrogen-bond donors (Lipinski definition) is 3. The van der Waals surface area contributed by atoms with Crippen molar-refractivity contribution >= 4 is 11.9 Å². The van der Waals surface area contributed by atoms with Crippen LogP contribution in [0.15, 0.2) is 18.2 Å². The summed E-state index contributed by atoms with van der Waals surface area (Å²) in [6.45, 7) is 1.82. The number of ether oxygens (including phenoxy) is 2. The highest BCUT2D eigenvalue weighted by molar-refractivity contribution is 5.71. The number of aliphatic hydroxyl groups excluding tert-OH is 2. The molecule has 1 aromatic rings. The van der Waals surface area contributed by atoms with Gasteiger partial charge in [0, 0.05) is 5.56 Å². The zero-order chi connectivity index (χ0) is 16.7. The van der Waals surface area contributed by atoms with Crippen LogP contribution < -0.4 is 4.74 Å². The van der Waals surface area contributed by atoms with E-state index in [9.17, 15) is 19.8 Å². The Kier molecular flexibility index (Phi) is 6.81. The van der Waals surface area contributed by atoms with Crippen LogP contribution in [-0.4, -0.2) is 47.1 Å². The van der Waals surface area contributed by atoms with Crippen LogP contribution >= 0.6 is 0 Å². The highest BCUT2D eigenvalue weighted by atomic mass is 16.5. The molecule has 0 fully saturated rings. The number of carbonyl (C=O) groups is 2. The van der Waals surface area contributed by atoms with E-state index >= 15 is 0 Å². The molecule has 0 heterocycles. The quantitative estimate of drug-likeness (QED) is 0.605. The molecular weight excluding hydrogens is 292 g/mol. The van der Waals surface area contributed by atoms with Gasteiger partial charge < -0.3 is 24.8 Å². The second kappa shape index (κ2) is 8.35. The van der Waals surface area contributed by atoms with Gasteiger partial charge in [-0.1, -0.05) is 6.07 Å². The zero-order valence-electron chi connectivity index (χ0n) is 12.5. The molecule has 0 aliphatic carbocycles. The number of rotatable bonds is 8. The lowest BCUT2D eigenvalue weighted by Gasteiger charge is -2.20. The summed E-state index contributed by atoms with van der Waals surface area (Å²) in [5, 5.41) is 28.9. The van der Waals surface area contributed by atoms with Gasteiger partial charge in [0.15, 0.2) is 0 Å². The predicted octanol–water partition coefficient (Wildman–Crippen LogP) is 0.670. The molecular formula is C15H20O7. The highest BCUT2D eigenvalue weighted by Crippen LogP contribution is 2.29. The molecule has 0 bridgehead atoms. The molecule has 0 aliphatic rings. The molecule has 0 aromatic heterocycles. The number of methoxy groups -OCH3 is 1. The number of carboxylic acids is 1. The molecule has 1 rings (SSSR count). The molecule has 122 valence electrons. The van der Waals surface area contributed by atoms with Crippen molar-refractivity contribution in [2.45, 2.75) is 32.0 Å². The molecule has 0 saturated carbocycles. The van der Waals surface area contributed by atoms with E-state index in [-0.39, 0.29) is 25.0 Å². The van der Waals surface area contributed by atoms with E-state index < -0.39 is 24.1 Å². The molecule has 0 spiro atoms. The van der Waals surface area contributed by atoms with Crippen LogP contribution in [0.1, 0.15) is 30.6 Å². The van der Waals surface area contributed by atoms with E-state index in [0.717, 1.165) is 0 Å². The number of carbonyl (C=O) groups excluding carboxylic acids is 1. The summed E-state index contributed by atoms with van der Waals surface area (Å²) in [7, 11) is 1.39. The maximum atomic E-state index is 11.4. The van der Waals surface area contributed by atoms with Crippen molar-refractivity contribution in [2.24, 2.45) is 0 Å². The largest absolute Gasteiger partial charge is 0.496 e. The van der Waals surface area contributed by atoms with E-state index in [1.54, 1.807) is 13.0 Å². The first kappa shape index (κ1) is 17.9. The van der Waals surface area contributed by atoms with Gasteiger partial charge in [-0.25, -0.2) is 0 Å². The summed E-state index contributed by atoms with van der Waals surface area (Å²) in [6, 6.07) is 4.50. The summed E-state index contributed by atoms with van der Waals surface area (Å²) in [5.74, 6) is -1.35. The zero-order valence-corrected chi connectivity index (χ0v) is 12.5. The minimum atomic E-state index is -1.40. The summed E-state index contributed by atoms with van der Waals surface area (Å²) in [6.07, 6.45) is -3.37. The van der Waals surface area contributed by atoms with Crippen LogP contribution in [0.3, 0.4) is 0 Å². The number of hydrogen-bond acceptors (Lipinski definition) is 6. The fourth-order valence-electron chi connectivity index (χ4n) is 2.01. The van der Waals surface area contributed by atoms with Crippen LogP contribution in [-0.2, 0) is 20.7 Å². The summed E-state index contributed by atoms with van der Waals surface area (Å²) < 4.78 is 9.81. The van der Waals surface area contributed by atoms with Crippen LogP contribution in [0.25, 0.3) is 0 Å². The first-order valence-electron chi connectivity index (χ1n) is 6.79. The van der Waals surface area contributed by atoms with E-state index in [1.165, 1.54) is 19.2 Å². The normalized spacial score (nSPS) is 13.3. The van der Waals surface area contributed by atoms with Crippen LogP contribution in [0.5, 0.6) is 5.75 Å². The van der Waals surface area contributed by atoms with Gasteiger partial charge in [0.25, 0.3) is 0 Å². The van der Waals surface area contributed by atoms with Crippen molar-refractivity contribution in [1.29, 1.82) is 0 Å². The summed E-state index contributed by atoms with van der Waals surface area (Å²) in [5.41, 5.74) is 0.670. The lowest BCUT2D eigenvalue weighted by Crippen LogP contribution is -2.23. The Balaban J connectivity index is 2.95. The van der Waals surface area contributed by atoms with Crippen molar-refractivity contribution in [2.75, 3.05) is 13.7 Å². The lowest BCUT2D eigenvalue weighted by molar-refractivity contribution is -0.147. The first-order valence-corrected chi connectivity index (χ1v) is 6.79. The summed E-state index contributed by atoms with van der Waals surface area (Å²) >= 11 is 0. The van der Waals surface area contributed by atoms with Gasteiger partial charge >= 0.3 is 11.9 Å². The molecule has 22 heavy (non-hydrogen) atoms. The Morgan fingerprint density at radius 3 is 2.50 bits per heavy atom. The van der Waals surface area contributed by atoms with Gasteiger partial charge in [0.2, 0.25) is 0 Å². The van der Waals surface area contributed by atoms with Gasteiger partial charge in [-0.15, -0.1) is 0 Å². The fraction of sp³-hybridized carbons (Fsp3) is 0.467. The third-order valence-electron chi connectivity index (χ3n) is 3.01. The topological polar surface area (TPSA) is 113 Å². The van der Waals surface area contributed by atoms with Gasteiger partial charge in [-0.2, -0.15) is 0 Å². The van der Waals surface area contributed by atoms with Gasteiger partial charge in [0.1, 0.15) is 11.9 Å². The second-order valence-corrected chi connectivity index (χ2v) is 4.67. The second-order valence-electron chi connectivity index (χ2n) is 4.67. The molecule has 7 heteroatoms. The molecule has 0 amide bonds. The molecule has 2 unspecified atom stereocenters. The van der Waals surface area contributed by atoms with Crippen molar-refractivity contribution < 1.29 is 34.4 Å². The molecule has 0 radical (unpaired) electrons. The Morgan fingerprint density at radius 1 is 1.27 bits per heavy atom. The van der Waals surface area contributed by atoms with Gasteiger partial charge in [0.05, 0.1) is 32.7 Å². The third kappa shape index (κ3) is 5.01. The SMILES string of the molecule is CCOC(=O)CC(O)C(O)c1cc(CC(=O)O)ccc1OC. The molecule has 3 N–H and O–H groups in total. The number of esters is 1. The molecule has 2 atom stereocenters. The standard InChI is InChI=1S/C15H20O7/c1-3-22-14(19)8-11(16)15(20)10-6-9(7-13(17)18)4-5-12(10)21-2/h4-6,11,15-16,20H,3,7-8H2,1-2H3,(H,17,18). The van der Waals surface area contributed by atoms with Crippen molar-refractivity contribution in [3.63, 3.8) is 0 Å². The Labute approximate surface area is 128 Å². The van der Waals surface area contributed by atoms with E-state index in [1.807, 2.05) is 0 Å². The Morgan fingerprint density at radius 2 is 1.95 bits per heavy atom. The monoisotopic (exact) mass is 312 g/mol. The minimum absolute atomic E-state index is 0.180. The van der Waals surface area contributed by atoms with E-state index in [0.29, 0.717) is 11.3 Å². The van der Waals surface area contributed by atoms with Gasteiger partial charge in [-0.3, -0.25) is 9.59 Å². The first-order chi connectivity index (χ1) is 10.4. The summed E-state index contributed by atoms with van der Waals surface area (Å²) in [4.78, 5) is 22.1. The fourth-order valence-corrected chi connectivity index (χ4v) is 2.01. The minimum Gasteiger partial charge on any atom is -0.496 e. The van der Waals surface area contributed by atoms with Crippen molar-refractivity contribution in [3.05, 3.63) is 29.3 Å². The molecule has 0 saturated heterocycles. The van der Waals surface area contributed by atoms with Crippen LogP contribution in [0.4, 0.5) is 0 Å². The maximum absolute atomic E-state index is 11.4. The average molecular weight is 312 g/mol. The number of aliphatic hydroxyl groups is 2. The van der Waals surface area contributed by atoms with E-state index in [2.05, 4.69) is 0 Å². The van der Waals surface area contributed by atoms with Crippen LogP contribution in [0.2, 0.25) is 0 Å². The van der Waals surface area contributed by atoms with Crippen molar-refractivity contribution in [3.8, 4) is 5.75 Å². The molecule has 1 aromatic carbocycles. The maximum Gasteiger partial charge on any atom is 0.308 e. The smallest absolute Gasteiger partial charge is 0.308 e. The highest BCUT2D eigenvalue weighted by Gasteiger charge is 2.25. The number of carboxylic acid groups (broad SMARTS) is 1.